The van der Waals surface area contributed by atoms with Gasteiger partial charge in [-0.3, -0.25) is 4.99 Å². The molecule has 0 bridgehead atoms. The lowest BCUT2D eigenvalue weighted by atomic mass is 10.1. The van der Waals surface area contributed by atoms with E-state index in [4.69, 9.17) is 0 Å². The number of nitrogens with one attached hydrogen (secondary N) is 1. The van der Waals surface area contributed by atoms with E-state index in [0.717, 1.165) is 42.9 Å². The van der Waals surface area contributed by atoms with Crippen molar-refractivity contribution in [3.05, 3.63) is 42.0 Å². The minimum atomic E-state index is 0.870. The van der Waals surface area contributed by atoms with Crippen molar-refractivity contribution in [2.45, 2.75) is 26.7 Å². The molecule has 2 heteroatoms. The van der Waals surface area contributed by atoms with Crippen molar-refractivity contribution in [1.29, 1.82) is 0 Å². The second kappa shape index (κ2) is 7.66. The minimum absolute atomic E-state index is 0.870. The Morgan fingerprint density at radius 3 is 2.47 bits per heavy atom. The maximum absolute atomic E-state index is 4.59. The fourth-order valence-corrected chi connectivity index (χ4v) is 1.49. The molecule has 0 aliphatic heterocycles. The molecule has 92 valence electrons. The van der Waals surface area contributed by atoms with Crippen LogP contribution in [0.4, 0.5) is 0 Å². The summed E-state index contributed by atoms with van der Waals surface area (Å²) in [6, 6.07) is 8.32. The summed E-state index contributed by atoms with van der Waals surface area (Å²) in [6.45, 7) is 9.89. The first-order chi connectivity index (χ1) is 8.31. The summed E-state index contributed by atoms with van der Waals surface area (Å²) in [6.07, 6.45) is 4.03. The van der Waals surface area contributed by atoms with Gasteiger partial charge in [0.15, 0.2) is 0 Å². The molecule has 0 aromatic heterocycles. The van der Waals surface area contributed by atoms with Gasteiger partial charge in [-0.05, 0) is 18.4 Å². The number of hydrogen-bond acceptors (Lipinski definition) is 1. The fraction of sp³-hybridized carbons (Fsp3) is 0.400. The Balaban J connectivity index is 2.83. The molecule has 0 atom stereocenters. The normalized spacial score (nSPS) is 11.3. The van der Waals surface area contributed by atoms with Crippen LogP contribution in [0.5, 0.6) is 0 Å². The molecule has 1 aromatic rings. The zero-order valence-electron chi connectivity index (χ0n) is 10.9. The first kappa shape index (κ1) is 13.5. The third-order valence-corrected chi connectivity index (χ3v) is 2.46. The Bertz CT molecular complexity index is 363. The van der Waals surface area contributed by atoms with E-state index in [2.05, 4.69) is 55.0 Å². The Kier molecular flexibility index (Phi) is 6.08. The molecule has 0 radical (unpaired) electrons. The van der Waals surface area contributed by atoms with Crippen LogP contribution in [-0.2, 0) is 0 Å². The number of rotatable bonds is 6. The van der Waals surface area contributed by atoms with Crippen LogP contribution < -0.4 is 5.32 Å². The van der Waals surface area contributed by atoms with Crippen molar-refractivity contribution < 1.29 is 0 Å². The van der Waals surface area contributed by atoms with Gasteiger partial charge in [-0.25, -0.2) is 0 Å². The van der Waals surface area contributed by atoms with Crippen LogP contribution in [0.2, 0.25) is 0 Å². The Labute approximate surface area is 104 Å². The molecule has 0 fully saturated rings. The van der Waals surface area contributed by atoms with E-state index in [1.807, 2.05) is 6.08 Å². The van der Waals surface area contributed by atoms with Crippen LogP contribution in [0.15, 0.2) is 35.8 Å². The smallest absolute Gasteiger partial charge is 0.128 e. The average molecular weight is 230 g/mol. The van der Waals surface area contributed by atoms with Crippen LogP contribution >= 0.6 is 0 Å². The number of nitrogens with zero attached hydrogens (tertiary/aromatic N) is 1. The number of benzene rings is 1. The molecule has 1 N–H and O–H groups in total. The monoisotopic (exact) mass is 230 g/mol. The molecule has 0 spiro atoms. The van der Waals surface area contributed by atoms with E-state index >= 15 is 0 Å². The van der Waals surface area contributed by atoms with Crippen LogP contribution in [0, 0.1) is 0 Å². The van der Waals surface area contributed by atoms with Gasteiger partial charge in [0.25, 0.3) is 0 Å². The third kappa shape index (κ3) is 4.43. The molecule has 0 unspecified atom stereocenters. The van der Waals surface area contributed by atoms with Crippen molar-refractivity contribution in [3.8, 4) is 0 Å². The molecule has 0 aliphatic carbocycles. The Morgan fingerprint density at radius 2 is 1.94 bits per heavy atom. The predicted octanol–water partition coefficient (Wildman–Crippen LogP) is 3.49. The fourth-order valence-electron chi connectivity index (χ4n) is 1.49. The van der Waals surface area contributed by atoms with Crippen LogP contribution in [0.25, 0.3) is 6.08 Å². The van der Waals surface area contributed by atoms with Gasteiger partial charge in [-0.15, -0.1) is 0 Å². The van der Waals surface area contributed by atoms with E-state index < -0.39 is 0 Å². The van der Waals surface area contributed by atoms with Crippen molar-refractivity contribution >= 4 is 11.9 Å². The largest absolute Gasteiger partial charge is 0.370 e. The third-order valence-electron chi connectivity index (χ3n) is 2.46. The quantitative estimate of drug-likeness (QED) is 0.587. The number of hydrogen-bond donors (Lipinski definition) is 1. The lowest BCUT2D eigenvalue weighted by Crippen LogP contribution is -2.25. The van der Waals surface area contributed by atoms with Crippen molar-refractivity contribution in [3.63, 3.8) is 0 Å². The second-order valence-electron chi connectivity index (χ2n) is 3.98. The summed E-state index contributed by atoms with van der Waals surface area (Å²) in [7, 11) is 0. The van der Waals surface area contributed by atoms with E-state index in [1.54, 1.807) is 0 Å². The van der Waals surface area contributed by atoms with Crippen LogP contribution in [0.3, 0.4) is 0 Å². The zero-order valence-corrected chi connectivity index (χ0v) is 10.9. The standard InChI is InChI=1S/C15H22N2/c1-4-11-16-15(17-12-5-2)14-9-7-13(6-3)8-10-14/h6-10H,3-5,11-12H2,1-2H3,(H,16,17). The summed E-state index contributed by atoms with van der Waals surface area (Å²) in [5.74, 6) is 1.00. The minimum Gasteiger partial charge on any atom is -0.370 e. The van der Waals surface area contributed by atoms with Gasteiger partial charge in [-0.2, -0.15) is 0 Å². The molecule has 0 saturated carbocycles. The molecule has 17 heavy (non-hydrogen) atoms. The summed E-state index contributed by atoms with van der Waals surface area (Å²) >= 11 is 0. The molecule has 1 rings (SSSR count). The molecule has 0 heterocycles. The van der Waals surface area contributed by atoms with E-state index in [1.165, 1.54) is 0 Å². The SMILES string of the molecule is C=Cc1ccc(C(=NCCC)NCCC)cc1. The van der Waals surface area contributed by atoms with Gasteiger partial charge in [0.2, 0.25) is 0 Å². The maximum atomic E-state index is 4.59. The lowest BCUT2D eigenvalue weighted by molar-refractivity contribution is 0.827. The zero-order chi connectivity index (χ0) is 12.5. The highest BCUT2D eigenvalue weighted by molar-refractivity contribution is 5.98. The summed E-state index contributed by atoms with van der Waals surface area (Å²) < 4.78 is 0. The molecule has 0 amide bonds. The molecule has 0 aliphatic rings. The van der Waals surface area contributed by atoms with Gasteiger partial charge >= 0.3 is 0 Å². The van der Waals surface area contributed by atoms with Crippen molar-refractivity contribution in [1.82, 2.24) is 5.32 Å². The summed E-state index contributed by atoms with van der Waals surface area (Å²) in [5, 5.41) is 3.38. The summed E-state index contributed by atoms with van der Waals surface area (Å²) in [5.41, 5.74) is 2.29. The molecule has 2 nitrogen and oxygen atoms in total. The van der Waals surface area contributed by atoms with Gasteiger partial charge < -0.3 is 5.32 Å². The second-order valence-corrected chi connectivity index (χ2v) is 3.98. The highest BCUT2D eigenvalue weighted by Gasteiger charge is 2.01. The topological polar surface area (TPSA) is 24.4 Å². The van der Waals surface area contributed by atoms with E-state index in [0.29, 0.717) is 0 Å². The highest BCUT2D eigenvalue weighted by atomic mass is 15.0. The molecular formula is C15H22N2. The van der Waals surface area contributed by atoms with Gasteiger partial charge in [0.05, 0.1) is 0 Å². The van der Waals surface area contributed by atoms with E-state index in [-0.39, 0.29) is 0 Å². The van der Waals surface area contributed by atoms with Gasteiger partial charge in [-0.1, -0.05) is 50.8 Å². The van der Waals surface area contributed by atoms with Gasteiger partial charge in [0, 0.05) is 18.7 Å². The first-order valence-corrected chi connectivity index (χ1v) is 6.33. The van der Waals surface area contributed by atoms with Crippen LogP contribution in [0.1, 0.15) is 37.8 Å². The van der Waals surface area contributed by atoms with Crippen molar-refractivity contribution in [2.75, 3.05) is 13.1 Å². The number of amidine groups is 1. The van der Waals surface area contributed by atoms with E-state index in [9.17, 15) is 0 Å². The summed E-state index contributed by atoms with van der Waals surface area (Å²) in [4.78, 5) is 4.59. The average Bonchev–Trinajstić information content (AvgIpc) is 2.39. The van der Waals surface area contributed by atoms with Crippen LogP contribution in [-0.4, -0.2) is 18.9 Å². The maximum Gasteiger partial charge on any atom is 0.128 e. The predicted molar refractivity (Wildman–Crippen MR) is 76.5 cm³/mol. The number of aliphatic imine (C=N–C) groups is 1. The molecule has 1 aromatic carbocycles. The molecular weight excluding hydrogens is 208 g/mol. The Morgan fingerprint density at radius 1 is 1.24 bits per heavy atom. The Hall–Kier alpha value is -1.57. The van der Waals surface area contributed by atoms with Crippen molar-refractivity contribution in [2.24, 2.45) is 4.99 Å². The first-order valence-electron chi connectivity index (χ1n) is 6.33. The highest BCUT2D eigenvalue weighted by Crippen LogP contribution is 2.06. The lowest BCUT2D eigenvalue weighted by Gasteiger charge is -2.09. The van der Waals surface area contributed by atoms with Gasteiger partial charge in [0.1, 0.15) is 5.84 Å². The molecule has 0 saturated heterocycles.